The van der Waals surface area contributed by atoms with Gasteiger partial charge >= 0.3 is 11.9 Å². The lowest BCUT2D eigenvalue weighted by molar-refractivity contribution is -0.374. The molecule has 5 aliphatic carbocycles. The van der Waals surface area contributed by atoms with Gasteiger partial charge in [0.15, 0.2) is 24.5 Å². The molecule has 19 atom stereocenters. The number of aliphatic hydroxyl groups is 6. The van der Waals surface area contributed by atoms with Gasteiger partial charge in [0.05, 0.1) is 18.1 Å². The summed E-state index contributed by atoms with van der Waals surface area (Å²) in [5.74, 6) is -2.63. The second-order valence-corrected chi connectivity index (χ2v) is 20.6. The number of ketones is 1. The molecule has 0 radical (unpaired) electrons. The third-order valence-corrected chi connectivity index (χ3v) is 17.3. The monoisotopic (exact) mass is 808 g/mol. The number of aliphatic hydroxyl groups excluding tert-OH is 6. The SMILES string of the molecule is CC1(C)C(O[C@@H]2O[C@H](C(=O)O)[C@@H](O)[C@H](O)[C@H]2O[C@@H]2O[C@H](CO)[C@H](O)[C@H](O)[C@H]2O)CC[C@]2(C)[C@H]3C(=O)C=C4[C@@H]5C[C@@](C)(C(=O)O)CC[C@]5(C)CC[C@@]4(C)[C@]3(C)CC[C@@H]12. The van der Waals surface area contributed by atoms with Crippen molar-refractivity contribution in [2.24, 2.45) is 50.2 Å². The van der Waals surface area contributed by atoms with Crippen LogP contribution in [0.15, 0.2) is 11.6 Å². The summed E-state index contributed by atoms with van der Waals surface area (Å²) >= 11 is 0. The Morgan fingerprint density at radius 3 is 2.07 bits per heavy atom. The van der Waals surface area contributed by atoms with Gasteiger partial charge in [-0.3, -0.25) is 9.59 Å². The maximum Gasteiger partial charge on any atom is 0.335 e. The normalized spacial score (nSPS) is 53.4. The van der Waals surface area contributed by atoms with Gasteiger partial charge in [0.1, 0.15) is 42.7 Å². The molecule has 0 spiro atoms. The van der Waals surface area contributed by atoms with E-state index in [1.165, 1.54) is 0 Å². The second kappa shape index (κ2) is 14.3. The molecule has 0 amide bonds. The summed E-state index contributed by atoms with van der Waals surface area (Å²) in [6.45, 7) is 14.3. The van der Waals surface area contributed by atoms with E-state index >= 15 is 0 Å². The maximum absolute atomic E-state index is 14.8. The van der Waals surface area contributed by atoms with Gasteiger partial charge in [0.25, 0.3) is 0 Å². The molecule has 2 heterocycles. The number of carbonyl (C=O) groups excluding carboxylic acids is 1. The molecule has 15 nitrogen and oxygen atoms in total. The zero-order valence-electron chi connectivity index (χ0n) is 34.2. The molecule has 4 saturated carbocycles. The average Bonchev–Trinajstić information content (AvgIpc) is 3.13. The van der Waals surface area contributed by atoms with Crippen molar-refractivity contribution < 1.29 is 74.2 Å². The van der Waals surface area contributed by atoms with Crippen molar-refractivity contribution >= 4 is 17.7 Å². The molecule has 6 fully saturated rings. The molecule has 322 valence electrons. The van der Waals surface area contributed by atoms with Gasteiger partial charge in [-0.05, 0) is 110 Å². The summed E-state index contributed by atoms with van der Waals surface area (Å²) in [6.07, 6.45) is -9.82. The molecule has 2 saturated heterocycles. The Hall–Kier alpha value is -2.05. The molecule has 57 heavy (non-hydrogen) atoms. The lowest BCUT2D eigenvalue weighted by Crippen LogP contribution is -2.68. The number of allylic oxidation sites excluding steroid dienone is 2. The molecule has 0 aromatic rings. The predicted molar refractivity (Wildman–Crippen MR) is 199 cm³/mol. The standard InChI is InChI=1S/C42H64O15/c1-37(2)23-8-11-42(7)32(21(44)16-19-20-17-39(4,36(52)53)13-12-38(20,3)14-15-41(19,42)6)40(23,5)10-9-24(37)55-35-31(28(48)27(47)30(56-35)33(50)51)57-34-29(49)26(46)25(45)22(18-43)54-34/h16,20,22-32,34-35,43,45-49H,8-15,17-18H2,1-7H3,(H,50,51)(H,52,53)/t20-,22+,23-,24?,25-,26-,27-,28-,29+,30-,31+,32+,34-,35+,38+,39-,40-,41+,42+/m0/s1. The van der Waals surface area contributed by atoms with Gasteiger partial charge in [0.2, 0.25) is 0 Å². The summed E-state index contributed by atoms with van der Waals surface area (Å²) in [4.78, 5) is 39.5. The van der Waals surface area contributed by atoms with Crippen LogP contribution >= 0.6 is 0 Å². The minimum absolute atomic E-state index is 0.00364. The first kappa shape index (κ1) is 43.1. The fourth-order valence-electron chi connectivity index (χ4n) is 13.4. The van der Waals surface area contributed by atoms with Crippen molar-refractivity contribution in [3.63, 3.8) is 0 Å². The van der Waals surface area contributed by atoms with E-state index in [0.717, 1.165) is 37.7 Å². The Balaban J connectivity index is 1.17. The summed E-state index contributed by atoms with van der Waals surface area (Å²) in [7, 11) is 0. The van der Waals surface area contributed by atoms with Crippen molar-refractivity contribution in [3.05, 3.63) is 11.6 Å². The molecule has 7 rings (SSSR count). The van der Waals surface area contributed by atoms with Crippen LogP contribution in [0.5, 0.6) is 0 Å². The zero-order chi connectivity index (χ0) is 42.0. The third kappa shape index (κ3) is 6.31. The first-order chi connectivity index (χ1) is 26.4. The topological polar surface area (TPSA) is 250 Å². The van der Waals surface area contributed by atoms with Crippen LogP contribution in [0.1, 0.15) is 106 Å². The van der Waals surface area contributed by atoms with E-state index in [4.69, 9.17) is 18.9 Å². The number of carbonyl (C=O) groups is 3. The maximum atomic E-state index is 14.8. The number of aliphatic carboxylic acids is 2. The summed E-state index contributed by atoms with van der Waals surface area (Å²) in [5.41, 5.74) is -1.63. The van der Waals surface area contributed by atoms with Crippen molar-refractivity contribution in [1.82, 2.24) is 0 Å². The van der Waals surface area contributed by atoms with Crippen molar-refractivity contribution in [2.45, 2.75) is 174 Å². The Kier molecular flexibility index (Phi) is 10.8. The summed E-state index contributed by atoms with van der Waals surface area (Å²) < 4.78 is 23.8. The highest BCUT2D eigenvalue weighted by Crippen LogP contribution is 2.75. The quantitative estimate of drug-likeness (QED) is 0.172. The lowest BCUT2D eigenvalue weighted by Gasteiger charge is -2.70. The van der Waals surface area contributed by atoms with Gasteiger partial charge < -0.3 is 59.8 Å². The van der Waals surface area contributed by atoms with Crippen LogP contribution in [-0.2, 0) is 33.3 Å². The third-order valence-electron chi connectivity index (χ3n) is 17.3. The summed E-state index contributed by atoms with van der Waals surface area (Å²) in [6, 6.07) is 0. The molecule has 0 bridgehead atoms. The van der Waals surface area contributed by atoms with Gasteiger partial charge in [-0.25, -0.2) is 4.79 Å². The van der Waals surface area contributed by atoms with E-state index in [0.29, 0.717) is 25.7 Å². The molecule has 0 aromatic heterocycles. The van der Waals surface area contributed by atoms with Crippen LogP contribution in [0.25, 0.3) is 0 Å². The highest BCUT2D eigenvalue weighted by molar-refractivity contribution is 5.95. The van der Waals surface area contributed by atoms with Gasteiger partial charge in [0, 0.05) is 5.92 Å². The fraction of sp³-hybridized carbons (Fsp3) is 0.881. The number of ether oxygens (including phenoxy) is 4. The molecule has 15 heteroatoms. The second-order valence-electron chi connectivity index (χ2n) is 20.6. The van der Waals surface area contributed by atoms with Gasteiger partial charge in [-0.2, -0.15) is 0 Å². The largest absolute Gasteiger partial charge is 0.481 e. The van der Waals surface area contributed by atoms with Crippen LogP contribution in [0.4, 0.5) is 0 Å². The zero-order valence-corrected chi connectivity index (χ0v) is 34.2. The van der Waals surface area contributed by atoms with Crippen molar-refractivity contribution in [1.29, 1.82) is 0 Å². The number of hydrogen-bond acceptors (Lipinski definition) is 13. The smallest absolute Gasteiger partial charge is 0.335 e. The molecule has 7 aliphatic rings. The van der Waals surface area contributed by atoms with Crippen LogP contribution in [0.2, 0.25) is 0 Å². The van der Waals surface area contributed by atoms with Crippen LogP contribution in [0.3, 0.4) is 0 Å². The number of hydrogen-bond donors (Lipinski definition) is 8. The summed E-state index contributed by atoms with van der Waals surface area (Å²) in [5, 5.41) is 83.3. The molecule has 2 aliphatic heterocycles. The molecular weight excluding hydrogens is 744 g/mol. The lowest BCUT2D eigenvalue weighted by atomic mass is 9.33. The van der Waals surface area contributed by atoms with Crippen molar-refractivity contribution in [2.75, 3.05) is 6.61 Å². The van der Waals surface area contributed by atoms with E-state index in [-0.39, 0.29) is 34.4 Å². The Morgan fingerprint density at radius 1 is 0.772 bits per heavy atom. The van der Waals surface area contributed by atoms with Crippen LogP contribution in [0, 0.1) is 50.2 Å². The van der Waals surface area contributed by atoms with Crippen LogP contribution < -0.4 is 0 Å². The number of carboxylic acids is 2. The first-order valence-electron chi connectivity index (χ1n) is 20.8. The minimum atomic E-state index is -1.98. The number of fused-ring (bicyclic) bond motifs is 7. The molecule has 1 unspecified atom stereocenters. The number of carboxylic acid groups (broad SMARTS) is 2. The molecular formula is C42H64O15. The van der Waals surface area contributed by atoms with E-state index in [9.17, 15) is 55.2 Å². The fourth-order valence-corrected chi connectivity index (χ4v) is 13.4. The first-order valence-corrected chi connectivity index (χ1v) is 20.8. The number of rotatable bonds is 7. The average molecular weight is 809 g/mol. The van der Waals surface area contributed by atoms with Crippen LogP contribution in [-0.4, -0.2) is 133 Å². The molecule has 0 aromatic carbocycles. The highest BCUT2D eigenvalue weighted by atomic mass is 16.8. The van der Waals surface area contributed by atoms with Crippen molar-refractivity contribution in [3.8, 4) is 0 Å². The minimum Gasteiger partial charge on any atom is -0.481 e. The molecule has 8 N–H and O–H groups in total. The van der Waals surface area contributed by atoms with Gasteiger partial charge in [-0.1, -0.05) is 47.1 Å². The predicted octanol–water partition coefficient (Wildman–Crippen LogP) is 2.15. The Bertz CT molecular complexity index is 1650. The van der Waals surface area contributed by atoms with E-state index in [2.05, 4.69) is 41.5 Å². The van der Waals surface area contributed by atoms with Gasteiger partial charge in [-0.15, -0.1) is 0 Å². The van der Waals surface area contributed by atoms with E-state index in [1.807, 2.05) is 13.0 Å². The van der Waals surface area contributed by atoms with E-state index < -0.39 is 108 Å². The highest BCUT2D eigenvalue weighted by Gasteiger charge is 2.71. The Morgan fingerprint density at radius 2 is 1.44 bits per heavy atom. The van der Waals surface area contributed by atoms with E-state index in [1.54, 1.807) is 0 Å². The Labute approximate surface area is 333 Å².